The molecule has 0 N–H and O–H groups in total. The molecule has 1 saturated heterocycles. The van der Waals surface area contributed by atoms with E-state index in [4.69, 9.17) is 31.0 Å². The lowest BCUT2D eigenvalue weighted by Crippen LogP contribution is -2.34. The van der Waals surface area contributed by atoms with Crippen LogP contribution in [0.5, 0.6) is 5.88 Å². The van der Waals surface area contributed by atoms with Crippen LogP contribution in [0.1, 0.15) is 34.6 Å². The van der Waals surface area contributed by atoms with Crippen molar-refractivity contribution in [2.24, 2.45) is 0 Å². The zero-order valence-corrected chi connectivity index (χ0v) is 20.8. The Balaban J connectivity index is 1.19. The first-order valence-corrected chi connectivity index (χ1v) is 12.6. The van der Waals surface area contributed by atoms with Gasteiger partial charge in [-0.05, 0) is 36.6 Å². The quantitative estimate of drug-likeness (QED) is 0.358. The SMILES string of the molecule is N#Cc1cnc2c(c1)nc(CN1CCc3ccc(OCc4ccc(Cl)cc4F)nc3C1)n2C[C@@H]1CCO1. The third-order valence-corrected chi connectivity index (χ3v) is 7.08. The van der Waals surface area contributed by atoms with E-state index in [-0.39, 0.29) is 12.7 Å². The van der Waals surface area contributed by atoms with Gasteiger partial charge in [0.1, 0.15) is 29.8 Å². The third-order valence-electron chi connectivity index (χ3n) is 6.84. The molecule has 1 fully saturated rings. The number of pyridine rings is 2. The molecule has 0 spiro atoms. The van der Waals surface area contributed by atoms with Gasteiger partial charge >= 0.3 is 0 Å². The first kappa shape index (κ1) is 23.8. The van der Waals surface area contributed by atoms with Gasteiger partial charge in [-0.15, -0.1) is 0 Å². The van der Waals surface area contributed by atoms with Crippen molar-refractivity contribution >= 4 is 22.8 Å². The fourth-order valence-electron chi connectivity index (χ4n) is 4.71. The number of hydrogen-bond donors (Lipinski definition) is 0. The molecule has 2 aliphatic rings. The van der Waals surface area contributed by atoms with E-state index in [1.165, 1.54) is 11.6 Å². The van der Waals surface area contributed by atoms with E-state index in [1.807, 2.05) is 12.1 Å². The predicted molar refractivity (Wildman–Crippen MR) is 134 cm³/mol. The molecule has 3 aromatic heterocycles. The highest BCUT2D eigenvalue weighted by Crippen LogP contribution is 2.25. The zero-order valence-electron chi connectivity index (χ0n) is 20.0. The van der Waals surface area contributed by atoms with Crippen molar-refractivity contribution in [1.82, 2.24) is 24.4 Å². The number of halogens is 2. The van der Waals surface area contributed by atoms with Gasteiger partial charge in [-0.1, -0.05) is 23.7 Å². The van der Waals surface area contributed by atoms with Gasteiger partial charge in [0.25, 0.3) is 0 Å². The van der Waals surface area contributed by atoms with E-state index in [2.05, 4.69) is 20.5 Å². The first-order valence-electron chi connectivity index (χ1n) is 12.2. The number of nitrogens with zero attached hydrogens (tertiary/aromatic N) is 6. The van der Waals surface area contributed by atoms with E-state index in [9.17, 15) is 9.65 Å². The molecule has 5 heterocycles. The van der Waals surface area contributed by atoms with Crippen LogP contribution in [-0.2, 0) is 37.4 Å². The van der Waals surface area contributed by atoms with E-state index in [1.54, 1.807) is 24.4 Å². The molecular formula is C27H24ClFN6O2. The number of nitriles is 1. The lowest BCUT2D eigenvalue weighted by atomic mass is 10.1. The van der Waals surface area contributed by atoms with Gasteiger partial charge in [0.15, 0.2) is 5.65 Å². The second kappa shape index (κ2) is 10.1. The Bertz CT molecular complexity index is 1510. The Morgan fingerprint density at radius 1 is 1.22 bits per heavy atom. The van der Waals surface area contributed by atoms with Gasteiger partial charge in [0.05, 0.1) is 30.5 Å². The average molecular weight is 519 g/mol. The fraction of sp³-hybridized carbons (Fsp3) is 0.333. The minimum Gasteiger partial charge on any atom is -0.473 e. The molecule has 6 rings (SSSR count). The summed E-state index contributed by atoms with van der Waals surface area (Å²) >= 11 is 5.84. The Kier molecular flexibility index (Phi) is 6.47. The summed E-state index contributed by atoms with van der Waals surface area (Å²) in [6.07, 6.45) is 3.61. The Morgan fingerprint density at radius 2 is 2.11 bits per heavy atom. The van der Waals surface area contributed by atoms with Crippen molar-refractivity contribution in [2.75, 3.05) is 13.2 Å². The van der Waals surface area contributed by atoms with Gasteiger partial charge < -0.3 is 14.0 Å². The maximum absolute atomic E-state index is 14.1. The monoisotopic (exact) mass is 518 g/mol. The highest BCUT2D eigenvalue weighted by atomic mass is 35.5. The molecule has 188 valence electrons. The fourth-order valence-corrected chi connectivity index (χ4v) is 4.87. The number of ether oxygens (including phenoxy) is 2. The van der Waals surface area contributed by atoms with Gasteiger partial charge in [-0.3, -0.25) is 4.90 Å². The molecule has 0 unspecified atom stereocenters. The van der Waals surface area contributed by atoms with Crippen molar-refractivity contribution in [2.45, 2.75) is 45.2 Å². The number of fused-ring (bicyclic) bond motifs is 2. The molecular weight excluding hydrogens is 495 g/mol. The molecule has 0 amide bonds. The van der Waals surface area contributed by atoms with E-state index in [0.29, 0.717) is 47.2 Å². The molecule has 0 radical (unpaired) electrons. The van der Waals surface area contributed by atoms with Gasteiger partial charge in [0.2, 0.25) is 5.88 Å². The van der Waals surface area contributed by atoms with Crippen LogP contribution in [0, 0.1) is 17.1 Å². The summed E-state index contributed by atoms with van der Waals surface area (Å²) in [4.78, 5) is 16.4. The zero-order chi connectivity index (χ0) is 25.4. The van der Waals surface area contributed by atoms with Crippen molar-refractivity contribution < 1.29 is 13.9 Å². The number of rotatable bonds is 7. The van der Waals surface area contributed by atoms with Crippen molar-refractivity contribution in [3.05, 3.63) is 81.6 Å². The Labute approximate surface area is 218 Å². The third kappa shape index (κ3) is 5.01. The van der Waals surface area contributed by atoms with Gasteiger partial charge in [-0.2, -0.15) is 5.26 Å². The molecule has 0 saturated carbocycles. The average Bonchev–Trinajstić information content (AvgIpc) is 3.21. The number of imidazole rings is 1. The molecule has 8 nitrogen and oxygen atoms in total. The van der Waals surface area contributed by atoms with E-state index >= 15 is 0 Å². The minimum atomic E-state index is -0.400. The number of aromatic nitrogens is 4. The maximum Gasteiger partial charge on any atom is 0.213 e. The largest absolute Gasteiger partial charge is 0.473 e. The summed E-state index contributed by atoms with van der Waals surface area (Å²) in [5, 5.41) is 9.63. The number of benzene rings is 1. The highest BCUT2D eigenvalue weighted by molar-refractivity contribution is 6.30. The van der Waals surface area contributed by atoms with Crippen LogP contribution in [-0.4, -0.2) is 43.7 Å². The summed E-state index contributed by atoms with van der Waals surface area (Å²) in [7, 11) is 0. The lowest BCUT2D eigenvalue weighted by molar-refractivity contribution is -0.0592. The second-order valence-corrected chi connectivity index (χ2v) is 9.78. The summed E-state index contributed by atoms with van der Waals surface area (Å²) in [6.45, 7) is 3.66. The molecule has 10 heteroatoms. The van der Waals surface area contributed by atoms with Crippen LogP contribution in [0.25, 0.3) is 11.2 Å². The topological polar surface area (TPSA) is 89.1 Å². The molecule has 2 aliphatic heterocycles. The molecule has 4 aromatic rings. The van der Waals surface area contributed by atoms with Gasteiger partial charge in [0, 0.05) is 42.5 Å². The van der Waals surface area contributed by atoms with Gasteiger partial charge in [-0.25, -0.2) is 19.3 Å². The minimum absolute atomic E-state index is 0.0729. The van der Waals surface area contributed by atoms with Crippen LogP contribution in [0.15, 0.2) is 42.6 Å². The van der Waals surface area contributed by atoms with E-state index in [0.717, 1.165) is 43.2 Å². The molecule has 0 bridgehead atoms. The molecule has 37 heavy (non-hydrogen) atoms. The van der Waals surface area contributed by atoms with Crippen LogP contribution in [0.2, 0.25) is 5.02 Å². The van der Waals surface area contributed by atoms with E-state index < -0.39 is 5.82 Å². The molecule has 1 aromatic carbocycles. The normalized spacial score (nSPS) is 17.3. The highest BCUT2D eigenvalue weighted by Gasteiger charge is 2.25. The Hall–Kier alpha value is -3.58. The Morgan fingerprint density at radius 3 is 2.89 bits per heavy atom. The lowest BCUT2D eigenvalue weighted by Gasteiger charge is -2.30. The van der Waals surface area contributed by atoms with Crippen molar-refractivity contribution in [3.63, 3.8) is 0 Å². The van der Waals surface area contributed by atoms with Crippen LogP contribution in [0.4, 0.5) is 4.39 Å². The van der Waals surface area contributed by atoms with Crippen molar-refractivity contribution in [3.8, 4) is 11.9 Å². The van der Waals surface area contributed by atoms with Crippen molar-refractivity contribution in [1.29, 1.82) is 5.26 Å². The smallest absolute Gasteiger partial charge is 0.213 e. The standard InChI is InChI=1S/C27H24ClFN6O2/c28-20-3-1-19(22(29)10-20)16-37-26-4-2-18-5-7-34(14-24(18)33-26)15-25-32-23-9-17(11-30)12-31-27(23)35(25)13-21-6-8-36-21/h1-4,9-10,12,21H,5-8,13-16H2/t21-/m0/s1. The maximum atomic E-state index is 14.1. The van der Waals surface area contributed by atoms with Crippen LogP contribution < -0.4 is 4.74 Å². The van der Waals surface area contributed by atoms with Crippen LogP contribution in [0.3, 0.4) is 0 Å². The van der Waals surface area contributed by atoms with Crippen LogP contribution >= 0.6 is 11.6 Å². The second-order valence-electron chi connectivity index (χ2n) is 9.34. The predicted octanol–water partition coefficient (Wildman–Crippen LogP) is 4.42. The summed E-state index contributed by atoms with van der Waals surface area (Å²) < 4.78 is 27.7. The molecule has 0 aliphatic carbocycles. The first-order chi connectivity index (χ1) is 18.1. The summed E-state index contributed by atoms with van der Waals surface area (Å²) in [5.41, 5.74) is 4.52. The number of hydrogen-bond acceptors (Lipinski definition) is 7. The molecule has 1 atom stereocenters. The summed E-state index contributed by atoms with van der Waals surface area (Å²) in [5.74, 6) is 0.947. The summed E-state index contributed by atoms with van der Waals surface area (Å²) in [6, 6.07) is 12.3.